The molecule has 10 nitrogen and oxygen atoms in total. The molecule has 1 aliphatic carbocycles. The summed E-state index contributed by atoms with van der Waals surface area (Å²) in [7, 11) is -3.33. The molecule has 1 amide bonds. The van der Waals surface area contributed by atoms with E-state index in [0.29, 0.717) is 18.8 Å². The molecule has 2 aliphatic rings. The fraction of sp³-hybridized carbons (Fsp3) is 0.640. The molecule has 2 atom stereocenters. The molecule has 2 aromatic heterocycles. The van der Waals surface area contributed by atoms with E-state index >= 15 is 0 Å². The second-order valence-corrected chi connectivity index (χ2v) is 12.9. The molecule has 3 N–H and O–H groups in total. The number of hydrogen-bond donors (Lipinski definition) is 3. The summed E-state index contributed by atoms with van der Waals surface area (Å²) < 4.78 is 30.3. The molecule has 0 radical (unpaired) electrons. The van der Waals surface area contributed by atoms with Crippen molar-refractivity contribution in [1.82, 2.24) is 19.6 Å². The van der Waals surface area contributed by atoms with E-state index in [1.807, 2.05) is 39.1 Å². The summed E-state index contributed by atoms with van der Waals surface area (Å²) in [6.07, 6.45) is 7.57. The van der Waals surface area contributed by atoms with Gasteiger partial charge in [0.05, 0.1) is 24.1 Å². The first-order chi connectivity index (χ1) is 16.9. The van der Waals surface area contributed by atoms with Crippen molar-refractivity contribution < 1.29 is 23.1 Å². The number of aromatic nitrogens is 2. The van der Waals surface area contributed by atoms with Crippen molar-refractivity contribution in [3.05, 3.63) is 30.2 Å². The van der Waals surface area contributed by atoms with Crippen LogP contribution in [0.5, 0.6) is 0 Å². The Morgan fingerprint density at radius 2 is 1.89 bits per heavy atom. The van der Waals surface area contributed by atoms with E-state index < -0.39 is 21.7 Å². The lowest BCUT2D eigenvalue weighted by Crippen LogP contribution is -2.51. The predicted octanol–water partition coefficient (Wildman–Crippen LogP) is 2.99. The number of ether oxygens (including phenoxy) is 1. The summed E-state index contributed by atoms with van der Waals surface area (Å²) in [5, 5.41) is 18.8. The Bertz CT molecular complexity index is 1190. The molecule has 2 fully saturated rings. The Morgan fingerprint density at radius 1 is 1.17 bits per heavy atom. The van der Waals surface area contributed by atoms with Crippen LogP contribution in [0.3, 0.4) is 0 Å². The van der Waals surface area contributed by atoms with E-state index in [1.165, 1.54) is 4.31 Å². The summed E-state index contributed by atoms with van der Waals surface area (Å²) >= 11 is 0. The van der Waals surface area contributed by atoms with Crippen molar-refractivity contribution >= 4 is 32.7 Å². The number of hydrogen-bond acceptors (Lipinski definition) is 8. The van der Waals surface area contributed by atoms with Crippen LogP contribution in [-0.2, 0) is 14.8 Å². The van der Waals surface area contributed by atoms with Crippen LogP contribution >= 0.6 is 0 Å². The molecule has 0 bridgehead atoms. The number of rotatable bonds is 5. The summed E-state index contributed by atoms with van der Waals surface area (Å²) in [5.74, 6) is 0.901. The van der Waals surface area contributed by atoms with Crippen LogP contribution < -0.4 is 10.6 Å². The highest BCUT2D eigenvalue weighted by Crippen LogP contribution is 2.36. The van der Waals surface area contributed by atoms with Crippen molar-refractivity contribution in [1.29, 1.82) is 0 Å². The van der Waals surface area contributed by atoms with E-state index in [2.05, 4.69) is 15.6 Å². The van der Waals surface area contributed by atoms with Gasteiger partial charge < -0.3 is 20.5 Å². The Balaban J connectivity index is 1.42. The molecule has 2 aromatic rings. The van der Waals surface area contributed by atoms with Gasteiger partial charge in [-0.2, -0.15) is 4.31 Å². The van der Waals surface area contributed by atoms with Crippen LogP contribution in [0.4, 0.5) is 10.6 Å². The molecule has 36 heavy (non-hydrogen) atoms. The number of pyridine rings is 2. The van der Waals surface area contributed by atoms with Gasteiger partial charge in [-0.1, -0.05) is 0 Å². The topological polar surface area (TPSA) is 134 Å². The van der Waals surface area contributed by atoms with E-state index in [0.717, 1.165) is 48.4 Å². The highest BCUT2D eigenvalue weighted by Gasteiger charge is 2.32. The first-order valence-electron chi connectivity index (χ1n) is 12.5. The van der Waals surface area contributed by atoms with Gasteiger partial charge in [0.15, 0.2) is 0 Å². The highest BCUT2D eigenvalue weighted by molar-refractivity contribution is 7.88. The van der Waals surface area contributed by atoms with Gasteiger partial charge in [-0.3, -0.25) is 4.98 Å². The number of carbonyl (C=O) groups excluding carboxylic acids is 1. The smallest absolute Gasteiger partial charge is 0.407 e. The highest BCUT2D eigenvalue weighted by atomic mass is 32.2. The van der Waals surface area contributed by atoms with E-state index in [4.69, 9.17) is 9.72 Å². The number of anilines is 1. The number of piperidine rings is 1. The van der Waals surface area contributed by atoms with Gasteiger partial charge in [-0.05, 0) is 65.0 Å². The molecule has 0 spiro atoms. The molecule has 3 heterocycles. The second-order valence-electron chi connectivity index (χ2n) is 10.9. The van der Waals surface area contributed by atoms with Gasteiger partial charge in [0, 0.05) is 48.2 Å². The molecule has 0 unspecified atom stereocenters. The monoisotopic (exact) mass is 519 g/mol. The predicted molar refractivity (Wildman–Crippen MR) is 138 cm³/mol. The Morgan fingerprint density at radius 3 is 2.53 bits per heavy atom. The molecule has 4 rings (SSSR count). The van der Waals surface area contributed by atoms with Crippen LogP contribution in [0.25, 0.3) is 10.8 Å². The first kappa shape index (κ1) is 26.6. The first-order valence-corrected chi connectivity index (χ1v) is 14.4. The average Bonchev–Trinajstić information content (AvgIpc) is 2.78. The molecular weight excluding hydrogens is 482 g/mol. The van der Waals surface area contributed by atoms with Gasteiger partial charge in [0.2, 0.25) is 10.0 Å². The Kier molecular flexibility index (Phi) is 7.72. The number of β-amino-alcohol motifs (C(OH)–C–C–N with tert-alkyl or cyclic N) is 1. The van der Waals surface area contributed by atoms with E-state index in [-0.39, 0.29) is 30.6 Å². The minimum Gasteiger partial charge on any atom is -0.444 e. The summed E-state index contributed by atoms with van der Waals surface area (Å²) in [6.45, 7) is 5.98. The number of amides is 1. The molecule has 1 saturated heterocycles. The third-order valence-electron chi connectivity index (χ3n) is 6.86. The van der Waals surface area contributed by atoms with Crippen LogP contribution in [-0.4, -0.2) is 77.0 Å². The zero-order valence-corrected chi connectivity index (χ0v) is 22.2. The van der Waals surface area contributed by atoms with Gasteiger partial charge in [0.25, 0.3) is 0 Å². The van der Waals surface area contributed by atoms with Crippen molar-refractivity contribution in [2.24, 2.45) is 0 Å². The fourth-order valence-corrected chi connectivity index (χ4v) is 5.90. The maximum atomic E-state index is 12.1. The number of sulfonamides is 1. The van der Waals surface area contributed by atoms with Crippen LogP contribution in [0.15, 0.2) is 24.5 Å². The summed E-state index contributed by atoms with van der Waals surface area (Å²) in [6, 6.07) is 3.70. The number of aliphatic hydroxyl groups is 1. The minimum absolute atomic E-state index is 0.0669. The lowest BCUT2D eigenvalue weighted by Gasteiger charge is -2.35. The zero-order chi connectivity index (χ0) is 26.1. The van der Waals surface area contributed by atoms with Crippen LogP contribution in [0.1, 0.15) is 64.5 Å². The Labute approximate surface area is 212 Å². The fourth-order valence-electron chi connectivity index (χ4n) is 5.04. The maximum Gasteiger partial charge on any atom is 0.407 e. The molecule has 0 aromatic carbocycles. The van der Waals surface area contributed by atoms with Crippen molar-refractivity contribution in [2.75, 3.05) is 24.7 Å². The largest absolute Gasteiger partial charge is 0.444 e. The third-order valence-corrected chi connectivity index (χ3v) is 8.13. The zero-order valence-electron chi connectivity index (χ0n) is 21.4. The van der Waals surface area contributed by atoms with Gasteiger partial charge in [-0.25, -0.2) is 18.2 Å². The molecule has 1 aliphatic heterocycles. The van der Waals surface area contributed by atoms with Crippen molar-refractivity contribution in [3.8, 4) is 0 Å². The minimum atomic E-state index is -3.33. The molecule has 1 saturated carbocycles. The molecular formula is C25H37N5O5S. The van der Waals surface area contributed by atoms with Gasteiger partial charge in [-0.15, -0.1) is 0 Å². The normalized spacial score (nSPS) is 25.9. The van der Waals surface area contributed by atoms with E-state index in [1.54, 1.807) is 6.20 Å². The van der Waals surface area contributed by atoms with Crippen molar-refractivity contribution in [3.63, 3.8) is 0 Å². The number of aliphatic hydroxyl groups excluding tert-OH is 1. The number of alkyl carbamates (subject to hydrolysis) is 1. The standard InChI is InChI=1S/C25H37N5O5S/c1-25(2,3)35-24(32)28-18-7-5-16(6-8-18)23-19-13-22(27-14-17(19)9-11-26-23)29-20-10-12-30(15-21(20)31)36(4,33)34/h9,11,13-14,16,18,20-21,31H,5-8,10,12,15H2,1-4H3,(H,27,29)(H,28,32)/t16?,18?,20-,21-/m1/s1. The quantitative estimate of drug-likeness (QED) is 0.549. The second kappa shape index (κ2) is 10.5. The molecule has 198 valence electrons. The number of nitrogens with zero attached hydrogens (tertiary/aromatic N) is 3. The number of carbonyl (C=O) groups is 1. The maximum absolute atomic E-state index is 12.1. The van der Waals surface area contributed by atoms with Crippen molar-refractivity contribution in [2.45, 2.75) is 82.6 Å². The summed E-state index contributed by atoms with van der Waals surface area (Å²) in [5.41, 5.74) is 0.496. The lowest BCUT2D eigenvalue weighted by atomic mass is 9.82. The SMILES string of the molecule is CC(C)(C)OC(=O)NC1CCC(c2nccc3cnc(N[C@@H]4CCN(S(C)(=O)=O)C[C@H]4O)cc23)CC1. The summed E-state index contributed by atoms with van der Waals surface area (Å²) in [4.78, 5) is 21.4. The Hall–Kier alpha value is -2.50. The molecule has 11 heteroatoms. The van der Waals surface area contributed by atoms with Gasteiger partial charge in [0.1, 0.15) is 11.4 Å². The van der Waals surface area contributed by atoms with Crippen LogP contribution in [0, 0.1) is 0 Å². The lowest BCUT2D eigenvalue weighted by molar-refractivity contribution is 0.0491. The van der Waals surface area contributed by atoms with E-state index in [9.17, 15) is 18.3 Å². The average molecular weight is 520 g/mol. The third kappa shape index (κ3) is 6.63. The van der Waals surface area contributed by atoms with Crippen LogP contribution in [0.2, 0.25) is 0 Å². The number of fused-ring (bicyclic) bond motifs is 1. The van der Waals surface area contributed by atoms with Gasteiger partial charge >= 0.3 is 6.09 Å². The number of nitrogens with one attached hydrogen (secondary N) is 2.